The summed E-state index contributed by atoms with van der Waals surface area (Å²) in [4.78, 5) is 21.4. The van der Waals surface area contributed by atoms with Crippen LogP contribution in [0, 0.1) is 12.3 Å². The maximum Gasteiger partial charge on any atom is 0.314 e. The predicted octanol–water partition coefficient (Wildman–Crippen LogP) is 1.34. The number of unbranched alkanes of at least 4 members (excludes halogenated alkanes) is 3. The van der Waals surface area contributed by atoms with Crippen LogP contribution < -0.4 is 10.6 Å². The highest BCUT2D eigenvalue weighted by Crippen LogP contribution is 1.93. The molecule has 0 saturated carbocycles. The summed E-state index contributed by atoms with van der Waals surface area (Å²) in [5.74, 6) is 1.73. The third-order valence-corrected chi connectivity index (χ3v) is 2.14. The summed E-state index contributed by atoms with van der Waals surface area (Å²) in [7, 11) is 0. The van der Waals surface area contributed by atoms with E-state index in [1.54, 1.807) is 0 Å². The van der Waals surface area contributed by atoms with E-state index >= 15 is 0 Å². The molecule has 0 aromatic rings. The zero-order valence-corrected chi connectivity index (χ0v) is 10.00. The number of carbonyl (C=O) groups excluding carboxylic acids is 1. The Morgan fingerprint density at radius 3 is 2.18 bits per heavy atom. The van der Waals surface area contributed by atoms with Gasteiger partial charge < -0.3 is 15.7 Å². The van der Waals surface area contributed by atoms with Crippen molar-refractivity contribution >= 4 is 12.0 Å². The van der Waals surface area contributed by atoms with Crippen LogP contribution in [0.15, 0.2) is 0 Å². The van der Waals surface area contributed by atoms with Gasteiger partial charge in [-0.15, -0.1) is 12.3 Å². The molecule has 17 heavy (non-hydrogen) atoms. The van der Waals surface area contributed by atoms with E-state index in [1.165, 1.54) is 0 Å². The number of carbonyl (C=O) groups is 2. The van der Waals surface area contributed by atoms with E-state index in [0.717, 1.165) is 19.3 Å². The summed E-state index contributed by atoms with van der Waals surface area (Å²) in [6.07, 6.45) is 9.02. The Morgan fingerprint density at radius 2 is 1.65 bits per heavy atom. The van der Waals surface area contributed by atoms with Gasteiger partial charge >= 0.3 is 12.0 Å². The normalized spacial score (nSPS) is 9.35. The van der Waals surface area contributed by atoms with Crippen molar-refractivity contribution in [2.24, 2.45) is 0 Å². The summed E-state index contributed by atoms with van der Waals surface area (Å²) in [6, 6.07) is -0.207. The fraction of sp³-hybridized carbons (Fsp3) is 0.667. The monoisotopic (exact) mass is 240 g/mol. The number of carboxylic acids is 1. The van der Waals surface area contributed by atoms with E-state index < -0.39 is 5.97 Å². The molecule has 0 fully saturated rings. The largest absolute Gasteiger partial charge is 0.481 e. The first-order valence-corrected chi connectivity index (χ1v) is 5.83. The van der Waals surface area contributed by atoms with Crippen molar-refractivity contribution in [1.29, 1.82) is 0 Å². The van der Waals surface area contributed by atoms with Crippen LogP contribution in [0.2, 0.25) is 0 Å². The van der Waals surface area contributed by atoms with E-state index in [9.17, 15) is 9.59 Å². The van der Waals surface area contributed by atoms with Crippen LogP contribution in [-0.4, -0.2) is 30.2 Å². The van der Waals surface area contributed by atoms with Crippen LogP contribution in [0.1, 0.15) is 38.5 Å². The number of aliphatic carboxylic acids is 1. The van der Waals surface area contributed by atoms with E-state index in [2.05, 4.69) is 16.6 Å². The molecule has 0 saturated heterocycles. The first-order chi connectivity index (χ1) is 8.16. The average Bonchev–Trinajstić information content (AvgIpc) is 2.28. The lowest BCUT2D eigenvalue weighted by atomic mass is 10.2. The lowest BCUT2D eigenvalue weighted by Gasteiger charge is -2.06. The molecule has 0 aliphatic carbocycles. The number of hydrogen-bond donors (Lipinski definition) is 3. The summed E-state index contributed by atoms with van der Waals surface area (Å²) in [5.41, 5.74) is 0. The second-order valence-corrected chi connectivity index (χ2v) is 3.69. The van der Waals surface area contributed by atoms with Crippen molar-refractivity contribution in [3.05, 3.63) is 0 Å². The average molecular weight is 240 g/mol. The predicted molar refractivity (Wildman–Crippen MR) is 65.6 cm³/mol. The molecular weight excluding hydrogens is 220 g/mol. The molecular formula is C12H20N2O3. The zero-order chi connectivity index (χ0) is 12.9. The number of terminal acetylenes is 1. The number of nitrogens with one attached hydrogen (secondary N) is 2. The van der Waals surface area contributed by atoms with Gasteiger partial charge in [0.1, 0.15) is 0 Å². The van der Waals surface area contributed by atoms with Crippen LogP contribution in [0.25, 0.3) is 0 Å². The van der Waals surface area contributed by atoms with E-state index in [4.69, 9.17) is 11.5 Å². The highest BCUT2D eigenvalue weighted by molar-refractivity contribution is 5.73. The lowest BCUT2D eigenvalue weighted by Crippen LogP contribution is -2.36. The summed E-state index contributed by atoms with van der Waals surface area (Å²) < 4.78 is 0. The molecule has 5 nitrogen and oxygen atoms in total. The van der Waals surface area contributed by atoms with Crippen molar-refractivity contribution in [2.75, 3.05) is 13.1 Å². The molecule has 0 rings (SSSR count). The zero-order valence-electron chi connectivity index (χ0n) is 10.00. The van der Waals surface area contributed by atoms with Gasteiger partial charge in [-0.05, 0) is 25.7 Å². The van der Waals surface area contributed by atoms with Crippen molar-refractivity contribution < 1.29 is 14.7 Å². The number of urea groups is 1. The van der Waals surface area contributed by atoms with E-state index in [-0.39, 0.29) is 12.5 Å². The summed E-state index contributed by atoms with van der Waals surface area (Å²) >= 11 is 0. The molecule has 5 heteroatoms. The van der Waals surface area contributed by atoms with Crippen LogP contribution in [0.5, 0.6) is 0 Å². The third kappa shape index (κ3) is 12.2. The van der Waals surface area contributed by atoms with Crippen LogP contribution in [0.3, 0.4) is 0 Å². The van der Waals surface area contributed by atoms with E-state index in [1.807, 2.05) is 0 Å². The van der Waals surface area contributed by atoms with Gasteiger partial charge in [0.25, 0.3) is 0 Å². The Hall–Kier alpha value is -1.70. The number of rotatable bonds is 9. The summed E-state index contributed by atoms with van der Waals surface area (Å²) in [5, 5.41) is 13.8. The Morgan fingerprint density at radius 1 is 1.06 bits per heavy atom. The first kappa shape index (κ1) is 15.3. The molecule has 0 radical (unpaired) electrons. The van der Waals surface area contributed by atoms with E-state index in [0.29, 0.717) is 25.9 Å². The number of carboxylic acid groups (broad SMARTS) is 1. The van der Waals surface area contributed by atoms with Gasteiger partial charge in [0.2, 0.25) is 0 Å². The molecule has 0 aliphatic heterocycles. The fourth-order valence-electron chi connectivity index (χ4n) is 1.22. The molecule has 0 heterocycles. The minimum atomic E-state index is -0.803. The summed E-state index contributed by atoms with van der Waals surface area (Å²) in [6.45, 7) is 1.12. The maximum absolute atomic E-state index is 11.2. The molecule has 0 aliphatic rings. The van der Waals surface area contributed by atoms with Crippen LogP contribution in [0.4, 0.5) is 4.79 Å². The Kier molecular flexibility index (Phi) is 9.73. The smallest absolute Gasteiger partial charge is 0.314 e. The standard InChI is InChI=1S/C12H20N2O3/c1-2-3-4-6-9-13-12(17)14-10-7-5-8-11(15)16/h1H,3-10H2,(H,15,16)(H2,13,14,17). The van der Waals surface area contributed by atoms with Gasteiger partial charge in [0, 0.05) is 25.9 Å². The number of amides is 2. The highest BCUT2D eigenvalue weighted by atomic mass is 16.4. The maximum atomic E-state index is 11.2. The minimum absolute atomic E-state index is 0.148. The van der Waals surface area contributed by atoms with Crippen molar-refractivity contribution in [1.82, 2.24) is 10.6 Å². The molecule has 0 aromatic carbocycles. The van der Waals surface area contributed by atoms with Crippen LogP contribution in [-0.2, 0) is 4.79 Å². The quantitative estimate of drug-likeness (QED) is 0.420. The van der Waals surface area contributed by atoms with Gasteiger partial charge in [-0.25, -0.2) is 4.79 Å². The van der Waals surface area contributed by atoms with Crippen LogP contribution >= 0.6 is 0 Å². The topological polar surface area (TPSA) is 78.4 Å². The molecule has 0 atom stereocenters. The molecule has 2 amide bonds. The SMILES string of the molecule is C#CCCCCNC(=O)NCCCCC(=O)O. The Balaban J connectivity index is 3.24. The lowest BCUT2D eigenvalue weighted by molar-refractivity contribution is -0.137. The second kappa shape index (κ2) is 10.8. The number of hydrogen-bond acceptors (Lipinski definition) is 2. The van der Waals surface area contributed by atoms with Gasteiger partial charge in [-0.2, -0.15) is 0 Å². The first-order valence-electron chi connectivity index (χ1n) is 5.83. The molecule has 0 spiro atoms. The van der Waals surface area contributed by atoms with Crippen molar-refractivity contribution in [2.45, 2.75) is 38.5 Å². The molecule has 0 aromatic heterocycles. The Bertz CT molecular complexity index is 271. The minimum Gasteiger partial charge on any atom is -0.481 e. The van der Waals surface area contributed by atoms with Gasteiger partial charge in [0.15, 0.2) is 0 Å². The van der Waals surface area contributed by atoms with Crippen molar-refractivity contribution in [3.63, 3.8) is 0 Å². The molecule has 0 bridgehead atoms. The fourth-order valence-corrected chi connectivity index (χ4v) is 1.22. The second-order valence-electron chi connectivity index (χ2n) is 3.69. The molecule has 0 unspecified atom stereocenters. The van der Waals surface area contributed by atoms with Gasteiger partial charge in [0.05, 0.1) is 0 Å². The van der Waals surface area contributed by atoms with Crippen molar-refractivity contribution in [3.8, 4) is 12.3 Å². The Labute approximate surface area is 102 Å². The highest BCUT2D eigenvalue weighted by Gasteiger charge is 1.99. The van der Waals surface area contributed by atoms with Gasteiger partial charge in [-0.3, -0.25) is 4.79 Å². The molecule has 96 valence electrons. The third-order valence-electron chi connectivity index (χ3n) is 2.14. The molecule has 3 N–H and O–H groups in total. The van der Waals surface area contributed by atoms with Gasteiger partial charge in [-0.1, -0.05) is 0 Å².